The monoisotopic (exact) mass is 304 g/mol. The fraction of sp³-hybridized carbons (Fsp3) is 0.667. The number of aliphatic hydroxyl groups excluding tert-OH is 1. The van der Waals surface area contributed by atoms with Crippen molar-refractivity contribution in [2.24, 2.45) is 11.8 Å². The Morgan fingerprint density at radius 2 is 1.73 bits per heavy atom. The third kappa shape index (κ3) is 4.62. The highest BCUT2D eigenvalue weighted by atomic mass is 16.5. The second kappa shape index (κ2) is 6.88. The van der Waals surface area contributed by atoms with Gasteiger partial charge in [0.25, 0.3) is 0 Å². The summed E-state index contributed by atoms with van der Waals surface area (Å²) in [5.74, 6) is 2.60. The molecule has 0 aliphatic heterocycles. The first-order valence-electron chi connectivity index (χ1n) is 8.44. The van der Waals surface area contributed by atoms with Crippen LogP contribution in [0.15, 0.2) is 24.3 Å². The maximum Gasteiger partial charge on any atom is 0.119 e. The van der Waals surface area contributed by atoms with Crippen molar-refractivity contribution in [2.45, 2.75) is 37.8 Å². The van der Waals surface area contributed by atoms with Crippen molar-refractivity contribution in [3.05, 3.63) is 24.3 Å². The Bertz CT molecular complexity index is 454. The molecule has 0 heterocycles. The molecule has 3 rings (SSSR count). The van der Waals surface area contributed by atoms with Crippen LogP contribution in [0.5, 0.6) is 5.75 Å². The van der Waals surface area contributed by atoms with Crippen LogP contribution in [0.2, 0.25) is 0 Å². The van der Waals surface area contributed by atoms with Crippen molar-refractivity contribution in [3.63, 3.8) is 0 Å². The number of ether oxygens (including phenoxy) is 1. The Kier molecular flexibility index (Phi) is 4.89. The molecule has 0 spiro atoms. The van der Waals surface area contributed by atoms with Crippen molar-refractivity contribution >= 4 is 5.69 Å². The van der Waals surface area contributed by atoms with Crippen molar-refractivity contribution in [1.29, 1.82) is 0 Å². The minimum absolute atomic E-state index is 0.331. The van der Waals surface area contributed by atoms with Gasteiger partial charge in [-0.2, -0.15) is 0 Å². The Labute approximate surface area is 133 Å². The van der Waals surface area contributed by atoms with E-state index in [9.17, 15) is 5.11 Å². The zero-order chi connectivity index (χ0) is 15.5. The number of hydrogen-bond acceptors (Lipinski definition) is 4. The molecular weight excluding hydrogens is 276 g/mol. The van der Waals surface area contributed by atoms with Gasteiger partial charge in [-0.15, -0.1) is 0 Å². The molecule has 2 N–H and O–H groups in total. The summed E-state index contributed by atoms with van der Waals surface area (Å²) in [6, 6.07) is 8.83. The summed E-state index contributed by atoms with van der Waals surface area (Å²) in [4.78, 5) is 1.96. The summed E-state index contributed by atoms with van der Waals surface area (Å²) in [6.45, 7) is 0.946. The highest BCUT2D eigenvalue weighted by Crippen LogP contribution is 2.45. The zero-order valence-corrected chi connectivity index (χ0v) is 13.7. The van der Waals surface area contributed by atoms with E-state index in [0.29, 0.717) is 19.2 Å². The van der Waals surface area contributed by atoms with E-state index < -0.39 is 6.10 Å². The van der Waals surface area contributed by atoms with Crippen LogP contribution in [-0.2, 0) is 0 Å². The summed E-state index contributed by atoms with van der Waals surface area (Å²) >= 11 is 0. The topological polar surface area (TPSA) is 44.7 Å². The number of nitrogens with one attached hydrogen (secondary N) is 1. The second-order valence-electron chi connectivity index (χ2n) is 7.10. The van der Waals surface area contributed by atoms with E-state index in [2.05, 4.69) is 17.4 Å². The highest BCUT2D eigenvalue weighted by Gasteiger charge is 2.41. The molecule has 0 amide bonds. The minimum Gasteiger partial charge on any atom is -0.491 e. The first-order valence-corrected chi connectivity index (χ1v) is 8.44. The smallest absolute Gasteiger partial charge is 0.119 e. The number of benzene rings is 1. The number of aliphatic hydroxyl groups is 1. The standard InChI is InChI=1S/C18H28N2O2/c1-20(2)11-16(21)12-22-17-9-7-15(8-10-17)19-18(13-3-4-13)14-5-6-14/h7-10,13-14,16,18-19,21H,3-6,11-12H2,1-2H3. The third-order valence-electron chi connectivity index (χ3n) is 4.47. The quantitative estimate of drug-likeness (QED) is 0.736. The minimum atomic E-state index is -0.457. The predicted molar refractivity (Wildman–Crippen MR) is 89.4 cm³/mol. The lowest BCUT2D eigenvalue weighted by Crippen LogP contribution is -2.30. The van der Waals surface area contributed by atoms with Crippen LogP contribution in [-0.4, -0.2) is 49.4 Å². The van der Waals surface area contributed by atoms with E-state index in [0.717, 1.165) is 17.6 Å². The number of likely N-dealkylation sites (N-methyl/N-ethyl adjacent to an activating group) is 1. The molecule has 1 unspecified atom stereocenters. The first-order chi connectivity index (χ1) is 10.6. The van der Waals surface area contributed by atoms with Gasteiger partial charge >= 0.3 is 0 Å². The van der Waals surface area contributed by atoms with E-state index in [4.69, 9.17) is 4.74 Å². The molecule has 4 heteroatoms. The van der Waals surface area contributed by atoms with Gasteiger partial charge in [-0.25, -0.2) is 0 Å². The number of nitrogens with zero attached hydrogens (tertiary/aromatic N) is 1. The molecule has 2 aliphatic carbocycles. The molecule has 2 aliphatic rings. The summed E-state index contributed by atoms with van der Waals surface area (Å²) in [7, 11) is 3.89. The third-order valence-corrected chi connectivity index (χ3v) is 4.47. The van der Waals surface area contributed by atoms with E-state index in [1.807, 2.05) is 31.1 Å². The summed E-state index contributed by atoms with van der Waals surface area (Å²) in [5, 5.41) is 13.5. The maximum absolute atomic E-state index is 9.81. The fourth-order valence-electron chi connectivity index (χ4n) is 3.04. The zero-order valence-electron chi connectivity index (χ0n) is 13.7. The molecule has 4 nitrogen and oxygen atoms in total. The van der Waals surface area contributed by atoms with Crippen molar-refractivity contribution in [3.8, 4) is 5.75 Å². The molecule has 0 bridgehead atoms. The normalized spacial score (nSPS) is 19.5. The van der Waals surface area contributed by atoms with Crippen molar-refractivity contribution < 1.29 is 9.84 Å². The molecule has 2 saturated carbocycles. The Morgan fingerprint density at radius 1 is 1.14 bits per heavy atom. The van der Waals surface area contributed by atoms with Crippen LogP contribution in [0.4, 0.5) is 5.69 Å². The first kappa shape index (κ1) is 15.6. The van der Waals surface area contributed by atoms with Gasteiger partial charge in [-0.3, -0.25) is 0 Å². The lowest BCUT2D eigenvalue weighted by atomic mass is 10.1. The maximum atomic E-state index is 9.81. The molecule has 0 saturated heterocycles. The van der Waals surface area contributed by atoms with Crippen molar-refractivity contribution in [1.82, 2.24) is 4.90 Å². The lowest BCUT2D eigenvalue weighted by molar-refractivity contribution is 0.0831. The lowest BCUT2D eigenvalue weighted by Gasteiger charge is -2.19. The fourth-order valence-corrected chi connectivity index (χ4v) is 3.04. The SMILES string of the molecule is CN(C)CC(O)COc1ccc(NC(C2CC2)C2CC2)cc1. The molecule has 1 atom stereocenters. The molecule has 0 aromatic heterocycles. The predicted octanol–water partition coefficient (Wildman–Crippen LogP) is 2.59. The molecule has 22 heavy (non-hydrogen) atoms. The summed E-state index contributed by atoms with van der Waals surface area (Å²) in [6.07, 6.45) is 5.10. The van der Waals surface area contributed by atoms with Gasteiger partial charge in [0, 0.05) is 18.3 Å². The Morgan fingerprint density at radius 3 is 2.23 bits per heavy atom. The number of anilines is 1. The van der Waals surface area contributed by atoms with Crippen LogP contribution >= 0.6 is 0 Å². The number of rotatable bonds is 9. The number of hydrogen-bond donors (Lipinski definition) is 2. The van der Waals surface area contributed by atoms with Gasteiger partial charge in [0.15, 0.2) is 0 Å². The average molecular weight is 304 g/mol. The van der Waals surface area contributed by atoms with Gasteiger partial charge in [0.2, 0.25) is 0 Å². The van der Waals surface area contributed by atoms with Gasteiger partial charge in [-0.05, 0) is 75.9 Å². The van der Waals surface area contributed by atoms with Gasteiger partial charge in [0.05, 0.1) is 0 Å². The van der Waals surface area contributed by atoms with Crippen LogP contribution < -0.4 is 10.1 Å². The van der Waals surface area contributed by atoms with Crippen LogP contribution in [0, 0.1) is 11.8 Å². The summed E-state index contributed by atoms with van der Waals surface area (Å²) < 4.78 is 5.64. The van der Waals surface area contributed by atoms with Crippen LogP contribution in [0.3, 0.4) is 0 Å². The average Bonchev–Trinajstić information content (AvgIpc) is 3.37. The molecular formula is C18H28N2O2. The van der Waals surface area contributed by atoms with Crippen LogP contribution in [0.1, 0.15) is 25.7 Å². The summed E-state index contributed by atoms with van der Waals surface area (Å²) in [5.41, 5.74) is 1.19. The van der Waals surface area contributed by atoms with E-state index in [1.54, 1.807) is 0 Å². The second-order valence-corrected chi connectivity index (χ2v) is 7.10. The van der Waals surface area contributed by atoms with E-state index >= 15 is 0 Å². The van der Waals surface area contributed by atoms with Crippen molar-refractivity contribution in [2.75, 3.05) is 32.6 Å². The largest absolute Gasteiger partial charge is 0.491 e. The van der Waals surface area contributed by atoms with Gasteiger partial charge < -0.3 is 20.1 Å². The Hall–Kier alpha value is -1.26. The van der Waals surface area contributed by atoms with Gasteiger partial charge in [0.1, 0.15) is 18.5 Å². The molecule has 0 radical (unpaired) electrons. The van der Waals surface area contributed by atoms with Gasteiger partial charge in [-0.1, -0.05) is 0 Å². The van der Waals surface area contributed by atoms with Crippen LogP contribution in [0.25, 0.3) is 0 Å². The Balaban J connectivity index is 1.47. The molecule has 1 aromatic rings. The highest BCUT2D eigenvalue weighted by molar-refractivity contribution is 5.47. The molecule has 2 fully saturated rings. The van der Waals surface area contributed by atoms with E-state index in [1.165, 1.54) is 31.4 Å². The molecule has 1 aromatic carbocycles. The molecule has 122 valence electrons. The van der Waals surface area contributed by atoms with E-state index in [-0.39, 0.29) is 0 Å².